The highest BCUT2D eigenvalue weighted by atomic mass is 16.6. The van der Waals surface area contributed by atoms with Crippen LogP contribution in [-0.4, -0.2) is 32.5 Å². The number of hydrogen-bond donors (Lipinski definition) is 1. The molecule has 0 amide bonds. The van der Waals surface area contributed by atoms with Gasteiger partial charge in [-0.05, 0) is 19.9 Å². The number of fused-ring (bicyclic) bond motifs is 1. The SMILES string of the molecule is CC(C)OCCNCc1cccc2c1OCCO2. The third-order valence-corrected chi connectivity index (χ3v) is 2.69. The lowest BCUT2D eigenvalue weighted by atomic mass is 10.1. The first-order chi connectivity index (χ1) is 8.77. The van der Waals surface area contributed by atoms with Crippen LogP contribution in [0.15, 0.2) is 18.2 Å². The van der Waals surface area contributed by atoms with Gasteiger partial charge in [0.1, 0.15) is 13.2 Å². The van der Waals surface area contributed by atoms with Gasteiger partial charge in [-0.15, -0.1) is 0 Å². The van der Waals surface area contributed by atoms with E-state index in [1.54, 1.807) is 0 Å². The van der Waals surface area contributed by atoms with Gasteiger partial charge in [-0.3, -0.25) is 0 Å². The summed E-state index contributed by atoms with van der Waals surface area (Å²) in [6, 6.07) is 6.00. The number of benzene rings is 1. The lowest BCUT2D eigenvalue weighted by molar-refractivity contribution is 0.0806. The van der Waals surface area contributed by atoms with Crippen molar-refractivity contribution in [1.29, 1.82) is 0 Å². The lowest BCUT2D eigenvalue weighted by Gasteiger charge is -2.21. The Morgan fingerprint density at radius 2 is 2.11 bits per heavy atom. The summed E-state index contributed by atoms with van der Waals surface area (Å²) in [5, 5.41) is 3.35. The Hall–Kier alpha value is -1.26. The molecular formula is C14H21NO3. The monoisotopic (exact) mass is 251 g/mol. The fourth-order valence-corrected chi connectivity index (χ4v) is 1.86. The molecule has 0 fully saturated rings. The summed E-state index contributed by atoms with van der Waals surface area (Å²) in [6.45, 7) is 7.67. The molecule has 0 atom stereocenters. The smallest absolute Gasteiger partial charge is 0.165 e. The molecule has 18 heavy (non-hydrogen) atoms. The van der Waals surface area contributed by atoms with E-state index in [-0.39, 0.29) is 6.10 Å². The molecule has 0 bridgehead atoms. The molecule has 1 aliphatic heterocycles. The molecule has 0 unspecified atom stereocenters. The van der Waals surface area contributed by atoms with Crippen molar-refractivity contribution in [2.45, 2.75) is 26.5 Å². The van der Waals surface area contributed by atoms with Gasteiger partial charge in [-0.2, -0.15) is 0 Å². The number of rotatable bonds is 6. The molecular weight excluding hydrogens is 230 g/mol. The van der Waals surface area contributed by atoms with E-state index in [1.165, 1.54) is 0 Å². The number of nitrogens with one attached hydrogen (secondary N) is 1. The highest BCUT2D eigenvalue weighted by Crippen LogP contribution is 2.33. The van der Waals surface area contributed by atoms with Crippen LogP contribution in [0.25, 0.3) is 0 Å². The summed E-state index contributed by atoms with van der Waals surface area (Å²) in [5.41, 5.74) is 1.14. The van der Waals surface area contributed by atoms with E-state index in [0.717, 1.165) is 36.8 Å². The Morgan fingerprint density at radius 1 is 1.28 bits per heavy atom. The van der Waals surface area contributed by atoms with Crippen LogP contribution in [-0.2, 0) is 11.3 Å². The van der Waals surface area contributed by atoms with Crippen molar-refractivity contribution in [2.24, 2.45) is 0 Å². The highest BCUT2D eigenvalue weighted by molar-refractivity contribution is 5.47. The molecule has 1 heterocycles. The van der Waals surface area contributed by atoms with Crippen molar-refractivity contribution >= 4 is 0 Å². The topological polar surface area (TPSA) is 39.7 Å². The number of para-hydroxylation sites is 1. The summed E-state index contributed by atoms with van der Waals surface area (Å²) in [4.78, 5) is 0. The molecule has 1 aromatic carbocycles. The van der Waals surface area contributed by atoms with E-state index in [4.69, 9.17) is 14.2 Å². The van der Waals surface area contributed by atoms with Crippen molar-refractivity contribution < 1.29 is 14.2 Å². The molecule has 0 aromatic heterocycles. The fourth-order valence-electron chi connectivity index (χ4n) is 1.86. The summed E-state index contributed by atoms with van der Waals surface area (Å²) in [5.74, 6) is 1.72. The lowest BCUT2D eigenvalue weighted by Crippen LogP contribution is -2.22. The van der Waals surface area contributed by atoms with Crippen LogP contribution >= 0.6 is 0 Å². The van der Waals surface area contributed by atoms with Crippen LogP contribution in [0.1, 0.15) is 19.4 Å². The Morgan fingerprint density at radius 3 is 2.94 bits per heavy atom. The van der Waals surface area contributed by atoms with Crippen LogP contribution in [0, 0.1) is 0 Å². The molecule has 0 radical (unpaired) electrons. The molecule has 1 aliphatic rings. The third-order valence-electron chi connectivity index (χ3n) is 2.69. The van der Waals surface area contributed by atoms with E-state index in [0.29, 0.717) is 13.2 Å². The zero-order chi connectivity index (χ0) is 12.8. The standard InChI is InChI=1S/C14H21NO3/c1-11(2)16-7-6-15-10-12-4-3-5-13-14(12)18-9-8-17-13/h3-5,11,15H,6-10H2,1-2H3. The second kappa shape index (κ2) is 6.61. The zero-order valence-electron chi connectivity index (χ0n) is 11.1. The fraction of sp³-hybridized carbons (Fsp3) is 0.571. The van der Waals surface area contributed by atoms with E-state index in [9.17, 15) is 0 Å². The summed E-state index contributed by atoms with van der Waals surface area (Å²) >= 11 is 0. The van der Waals surface area contributed by atoms with Crippen LogP contribution < -0.4 is 14.8 Å². The summed E-state index contributed by atoms with van der Waals surface area (Å²) in [6.07, 6.45) is 0.285. The first-order valence-corrected chi connectivity index (χ1v) is 6.47. The molecule has 1 N–H and O–H groups in total. The van der Waals surface area contributed by atoms with E-state index < -0.39 is 0 Å². The van der Waals surface area contributed by atoms with Gasteiger partial charge in [0.2, 0.25) is 0 Å². The Labute approximate surface area is 108 Å². The molecule has 4 heteroatoms. The number of ether oxygens (including phenoxy) is 3. The van der Waals surface area contributed by atoms with Gasteiger partial charge in [-0.1, -0.05) is 12.1 Å². The number of hydrogen-bond acceptors (Lipinski definition) is 4. The maximum Gasteiger partial charge on any atom is 0.165 e. The third kappa shape index (κ3) is 3.62. The molecule has 0 saturated heterocycles. The van der Waals surface area contributed by atoms with Crippen LogP contribution in [0.2, 0.25) is 0 Å². The molecule has 100 valence electrons. The Balaban J connectivity index is 1.82. The van der Waals surface area contributed by atoms with Gasteiger partial charge >= 0.3 is 0 Å². The molecule has 0 spiro atoms. The minimum Gasteiger partial charge on any atom is -0.486 e. The average Bonchev–Trinajstić information content (AvgIpc) is 2.38. The summed E-state index contributed by atoms with van der Waals surface area (Å²) < 4.78 is 16.7. The second-order valence-corrected chi connectivity index (χ2v) is 4.54. The first kappa shape index (κ1) is 13.2. The van der Waals surface area contributed by atoms with E-state index in [2.05, 4.69) is 11.4 Å². The first-order valence-electron chi connectivity index (χ1n) is 6.47. The van der Waals surface area contributed by atoms with Crippen molar-refractivity contribution in [3.05, 3.63) is 23.8 Å². The maximum absolute atomic E-state index is 5.65. The minimum absolute atomic E-state index is 0.285. The van der Waals surface area contributed by atoms with Crippen molar-refractivity contribution in [3.63, 3.8) is 0 Å². The highest BCUT2D eigenvalue weighted by Gasteiger charge is 2.14. The van der Waals surface area contributed by atoms with Crippen molar-refractivity contribution in [2.75, 3.05) is 26.4 Å². The van der Waals surface area contributed by atoms with E-state index in [1.807, 2.05) is 26.0 Å². The van der Waals surface area contributed by atoms with Gasteiger partial charge in [0.05, 0.1) is 12.7 Å². The van der Waals surface area contributed by atoms with Crippen molar-refractivity contribution in [3.8, 4) is 11.5 Å². The van der Waals surface area contributed by atoms with Gasteiger partial charge in [0, 0.05) is 18.7 Å². The van der Waals surface area contributed by atoms with Crippen LogP contribution in [0.5, 0.6) is 11.5 Å². The zero-order valence-corrected chi connectivity index (χ0v) is 11.1. The normalized spacial score (nSPS) is 13.9. The maximum atomic E-state index is 5.65. The second-order valence-electron chi connectivity index (χ2n) is 4.54. The van der Waals surface area contributed by atoms with Gasteiger partial charge < -0.3 is 19.5 Å². The van der Waals surface area contributed by atoms with Crippen LogP contribution in [0.4, 0.5) is 0 Å². The molecule has 0 aliphatic carbocycles. The Kier molecular flexibility index (Phi) is 4.84. The van der Waals surface area contributed by atoms with Gasteiger partial charge in [0.25, 0.3) is 0 Å². The Bertz CT molecular complexity index is 379. The van der Waals surface area contributed by atoms with Gasteiger partial charge in [-0.25, -0.2) is 0 Å². The molecule has 0 saturated carbocycles. The van der Waals surface area contributed by atoms with Crippen LogP contribution in [0.3, 0.4) is 0 Å². The predicted octanol–water partition coefficient (Wildman–Crippen LogP) is 1.97. The van der Waals surface area contributed by atoms with Crippen molar-refractivity contribution in [1.82, 2.24) is 5.32 Å². The molecule has 4 nitrogen and oxygen atoms in total. The van der Waals surface area contributed by atoms with E-state index >= 15 is 0 Å². The van der Waals surface area contributed by atoms with Gasteiger partial charge in [0.15, 0.2) is 11.5 Å². The average molecular weight is 251 g/mol. The molecule has 2 rings (SSSR count). The quantitative estimate of drug-likeness (QED) is 0.785. The minimum atomic E-state index is 0.285. The largest absolute Gasteiger partial charge is 0.486 e. The summed E-state index contributed by atoms with van der Waals surface area (Å²) in [7, 11) is 0. The molecule has 1 aromatic rings. The predicted molar refractivity (Wildman–Crippen MR) is 70.2 cm³/mol.